The molecule has 0 aromatic heterocycles. The van der Waals surface area contributed by atoms with Crippen molar-refractivity contribution in [1.82, 2.24) is 0 Å². The molecule has 16 heavy (non-hydrogen) atoms. The van der Waals surface area contributed by atoms with Gasteiger partial charge in [0, 0.05) is 0 Å². The zero-order chi connectivity index (χ0) is 11.2. The van der Waals surface area contributed by atoms with Crippen molar-refractivity contribution >= 4 is 11.4 Å². The third-order valence-corrected chi connectivity index (χ3v) is 2.11. The summed E-state index contributed by atoms with van der Waals surface area (Å²) in [5.74, 6) is 0.818. The molecule has 2 aromatic carbocycles. The lowest BCUT2D eigenvalue weighted by Gasteiger charge is -1.98. The summed E-state index contributed by atoms with van der Waals surface area (Å²) in [6.45, 7) is 0. The average Bonchev–Trinajstić information content (AvgIpc) is 2.38. The lowest BCUT2D eigenvalue weighted by molar-refractivity contribution is 0.415. The van der Waals surface area contributed by atoms with Gasteiger partial charge in [-0.2, -0.15) is 10.2 Å². The molecule has 2 aromatic rings. The Morgan fingerprint density at radius 2 is 1.31 bits per heavy atom. The lowest BCUT2D eigenvalue weighted by atomic mass is 10.3. The number of methoxy groups -OCH3 is 1. The fraction of sp³-hybridized carbons (Fsp3) is 0.0769. The zero-order valence-electron chi connectivity index (χ0n) is 9.00. The van der Waals surface area contributed by atoms with Crippen LogP contribution in [0.4, 0.5) is 11.4 Å². The number of benzene rings is 2. The average molecular weight is 212 g/mol. The Labute approximate surface area is 94.4 Å². The van der Waals surface area contributed by atoms with Crippen LogP contribution in [0, 0.1) is 0 Å². The van der Waals surface area contributed by atoms with E-state index in [1.807, 2.05) is 54.6 Å². The largest absolute Gasteiger partial charge is 0.497 e. The molecule has 0 saturated carbocycles. The summed E-state index contributed by atoms with van der Waals surface area (Å²) >= 11 is 0. The maximum absolute atomic E-state index is 5.06. The third-order valence-electron chi connectivity index (χ3n) is 2.11. The summed E-state index contributed by atoms with van der Waals surface area (Å²) < 4.78 is 5.06. The van der Waals surface area contributed by atoms with Crippen LogP contribution in [0.25, 0.3) is 0 Å². The molecule has 3 heteroatoms. The Morgan fingerprint density at radius 3 is 1.88 bits per heavy atom. The van der Waals surface area contributed by atoms with E-state index in [4.69, 9.17) is 4.74 Å². The van der Waals surface area contributed by atoms with Crippen LogP contribution in [0.3, 0.4) is 0 Å². The Morgan fingerprint density at radius 1 is 0.750 bits per heavy atom. The molecule has 0 aliphatic heterocycles. The molecule has 0 saturated heterocycles. The number of ether oxygens (including phenoxy) is 1. The predicted molar refractivity (Wildman–Crippen MR) is 63.6 cm³/mol. The molecule has 3 nitrogen and oxygen atoms in total. The van der Waals surface area contributed by atoms with Gasteiger partial charge in [0.2, 0.25) is 0 Å². The van der Waals surface area contributed by atoms with Gasteiger partial charge in [-0.15, -0.1) is 0 Å². The second-order valence-electron chi connectivity index (χ2n) is 3.23. The second kappa shape index (κ2) is 5.07. The van der Waals surface area contributed by atoms with E-state index in [1.54, 1.807) is 7.11 Å². The summed E-state index contributed by atoms with van der Waals surface area (Å²) in [7, 11) is 1.64. The van der Waals surface area contributed by atoms with Gasteiger partial charge in [-0.3, -0.25) is 0 Å². The van der Waals surface area contributed by atoms with E-state index >= 15 is 0 Å². The molecule has 2 rings (SSSR count). The quantitative estimate of drug-likeness (QED) is 0.705. The maximum atomic E-state index is 5.06. The summed E-state index contributed by atoms with van der Waals surface area (Å²) in [4.78, 5) is 0. The summed E-state index contributed by atoms with van der Waals surface area (Å²) in [5.41, 5.74) is 1.66. The van der Waals surface area contributed by atoms with E-state index in [0.29, 0.717) is 0 Å². The van der Waals surface area contributed by atoms with E-state index in [1.165, 1.54) is 0 Å². The van der Waals surface area contributed by atoms with Crippen molar-refractivity contribution in [1.29, 1.82) is 0 Å². The van der Waals surface area contributed by atoms with Crippen molar-refractivity contribution in [3.05, 3.63) is 54.6 Å². The van der Waals surface area contributed by atoms with Gasteiger partial charge in [0.05, 0.1) is 18.5 Å². The van der Waals surface area contributed by atoms with Gasteiger partial charge in [-0.1, -0.05) is 18.2 Å². The fourth-order valence-electron chi connectivity index (χ4n) is 1.26. The summed E-state index contributed by atoms with van der Waals surface area (Å²) in [5, 5.41) is 8.24. The molecule has 0 fully saturated rings. The normalized spacial score (nSPS) is 10.6. The van der Waals surface area contributed by atoms with Crippen LogP contribution in [0.5, 0.6) is 5.75 Å². The minimum atomic E-state index is 0.810. The van der Waals surface area contributed by atoms with Gasteiger partial charge in [0.15, 0.2) is 0 Å². The van der Waals surface area contributed by atoms with Crippen molar-refractivity contribution in [2.24, 2.45) is 10.2 Å². The highest BCUT2D eigenvalue weighted by atomic mass is 16.5. The van der Waals surface area contributed by atoms with E-state index in [2.05, 4.69) is 10.2 Å². The first-order chi connectivity index (χ1) is 7.88. The van der Waals surface area contributed by atoms with Crippen LogP contribution in [0.1, 0.15) is 0 Å². The SMILES string of the molecule is COc1ccc(N=Nc2ccccc2)cc1. The molecule has 0 unspecified atom stereocenters. The first kappa shape index (κ1) is 10.4. The van der Waals surface area contributed by atoms with Gasteiger partial charge < -0.3 is 4.74 Å². The minimum Gasteiger partial charge on any atom is -0.497 e. The lowest BCUT2D eigenvalue weighted by Crippen LogP contribution is -1.79. The van der Waals surface area contributed by atoms with Crippen LogP contribution in [-0.2, 0) is 0 Å². The second-order valence-corrected chi connectivity index (χ2v) is 3.23. The molecule has 0 amide bonds. The molecule has 0 atom stereocenters. The first-order valence-corrected chi connectivity index (χ1v) is 4.99. The standard InChI is InChI=1S/C13H12N2O/c1-16-13-9-7-12(8-10-13)15-14-11-5-3-2-4-6-11/h2-10H,1H3. The highest BCUT2D eigenvalue weighted by Crippen LogP contribution is 2.20. The molecule has 0 heterocycles. The third kappa shape index (κ3) is 2.67. The number of hydrogen-bond acceptors (Lipinski definition) is 3. The van der Waals surface area contributed by atoms with Crippen molar-refractivity contribution < 1.29 is 4.74 Å². The number of azo groups is 1. The van der Waals surface area contributed by atoms with Crippen LogP contribution in [-0.4, -0.2) is 7.11 Å². The zero-order valence-corrected chi connectivity index (χ0v) is 9.00. The van der Waals surface area contributed by atoms with Crippen LogP contribution < -0.4 is 4.74 Å². The smallest absolute Gasteiger partial charge is 0.119 e. The molecule has 0 spiro atoms. The van der Waals surface area contributed by atoms with Gasteiger partial charge in [-0.05, 0) is 36.4 Å². The van der Waals surface area contributed by atoms with Crippen LogP contribution in [0.2, 0.25) is 0 Å². The van der Waals surface area contributed by atoms with Crippen LogP contribution in [0.15, 0.2) is 64.8 Å². The first-order valence-electron chi connectivity index (χ1n) is 4.99. The Balaban J connectivity index is 2.12. The number of rotatable bonds is 3. The molecule has 0 N–H and O–H groups in total. The topological polar surface area (TPSA) is 34.0 Å². The molecule has 80 valence electrons. The molecular formula is C13H12N2O. The van der Waals surface area contributed by atoms with E-state index in [0.717, 1.165) is 17.1 Å². The molecule has 0 bridgehead atoms. The highest BCUT2D eigenvalue weighted by molar-refractivity contribution is 5.42. The van der Waals surface area contributed by atoms with Crippen LogP contribution >= 0.6 is 0 Å². The van der Waals surface area contributed by atoms with E-state index in [-0.39, 0.29) is 0 Å². The number of nitrogens with zero attached hydrogens (tertiary/aromatic N) is 2. The molecule has 0 aliphatic carbocycles. The molecular weight excluding hydrogens is 200 g/mol. The predicted octanol–water partition coefficient (Wildman–Crippen LogP) is 4.11. The van der Waals surface area contributed by atoms with Gasteiger partial charge in [-0.25, -0.2) is 0 Å². The monoisotopic (exact) mass is 212 g/mol. The maximum Gasteiger partial charge on any atom is 0.119 e. The van der Waals surface area contributed by atoms with Crippen molar-refractivity contribution in [3.8, 4) is 5.75 Å². The van der Waals surface area contributed by atoms with E-state index in [9.17, 15) is 0 Å². The highest BCUT2D eigenvalue weighted by Gasteiger charge is 1.91. The Kier molecular flexibility index (Phi) is 3.28. The van der Waals surface area contributed by atoms with Crippen molar-refractivity contribution in [3.63, 3.8) is 0 Å². The fourth-order valence-corrected chi connectivity index (χ4v) is 1.26. The van der Waals surface area contributed by atoms with E-state index < -0.39 is 0 Å². The Bertz CT molecular complexity index is 463. The van der Waals surface area contributed by atoms with Crippen molar-refractivity contribution in [2.45, 2.75) is 0 Å². The molecule has 0 radical (unpaired) electrons. The molecule has 0 aliphatic rings. The number of hydrogen-bond donors (Lipinski definition) is 0. The van der Waals surface area contributed by atoms with Gasteiger partial charge >= 0.3 is 0 Å². The Hall–Kier alpha value is -2.16. The summed E-state index contributed by atoms with van der Waals surface area (Å²) in [6.07, 6.45) is 0. The summed E-state index contributed by atoms with van der Waals surface area (Å²) in [6, 6.07) is 17.1. The van der Waals surface area contributed by atoms with Gasteiger partial charge in [0.25, 0.3) is 0 Å². The van der Waals surface area contributed by atoms with Gasteiger partial charge in [0.1, 0.15) is 5.75 Å². The minimum absolute atomic E-state index is 0.810. The van der Waals surface area contributed by atoms with Crippen molar-refractivity contribution in [2.75, 3.05) is 7.11 Å².